The largest absolute Gasteiger partial charge is 0.309 e. The summed E-state index contributed by atoms with van der Waals surface area (Å²) in [4.78, 5) is 15.6. The Labute approximate surface area is 408 Å². The van der Waals surface area contributed by atoms with Crippen molar-refractivity contribution in [3.63, 3.8) is 0 Å². The summed E-state index contributed by atoms with van der Waals surface area (Å²) in [5.74, 6) is 0.568. The van der Waals surface area contributed by atoms with Crippen LogP contribution < -0.4 is 0 Å². The van der Waals surface area contributed by atoms with Gasteiger partial charge in [-0.05, 0) is 82.9 Å². The van der Waals surface area contributed by atoms with Gasteiger partial charge in [-0.15, -0.1) is 11.3 Å². The molecule has 5 nitrogen and oxygen atoms in total. The zero-order valence-electron chi connectivity index (χ0n) is 41.8. The van der Waals surface area contributed by atoms with Crippen molar-refractivity contribution in [2.75, 3.05) is 0 Å². The Kier molecular flexibility index (Phi) is 7.89. The molecule has 0 atom stereocenters. The lowest BCUT2D eigenvalue weighted by Crippen LogP contribution is -2.02. The molecule has 0 amide bonds. The first-order valence-corrected chi connectivity index (χ1v) is 23.7. The van der Waals surface area contributed by atoms with Crippen molar-refractivity contribution in [2.24, 2.45) is 0 Å². The second-order valence-corrected chi connectivity index (χ2v) is 18.3. The van der Waals surface area contributed by atoms with Crippen LogP contribution in [0, 0.1) is 0 Å². The molecule has 14 aromatic rings. The van der Waals surface area contributed by atoms with Gasteiger partial charge >= 0.3 is 0 Å². The lowest BCUT2D eigenvalue weighted by atomic mass is 9.98. The molecule has 0 unspecified atom stereocenters. The number of hydrogen-bond acceptors (Lipinski definition) is 4. The quantitative estimate of drug-likeness (QED) is 0.160. The van der Waals surface area contributed by atoms with E-state index in [0.29, 0.717) is 22.8 Å². The average molecular weight is 903 g/mol. The van der Waals surface area contributed by atoms with Gasteiger partial charge < -0.3 is 9.13 Å². The predicted molar refractivity (Wildman–Crippen MR) is 289 cm³/mol. The van der Waals surface area contributed by atoms with Gasteiger partial charge in [0.2, 0.25) is 0 Å². The predicted octanol–water partition coefficient (Wildman–Crippen LogP) is 16.8. The standard InChI is InChI=1S/C63H39N5S/c1-4-17-40(18-5-1)42-21-16-22-43(35-42)44-31-34-52-53-38-47(68-56-29-14-10-25-48(56)49-26-11-15-30-57(49)68)39-54(60(53)69-59(52)37-44)63-65-61(41-19-6-2-7-20-41)64-62(66-63)45-32-33-51-50-27-12-13-28-55(50)67(58(51)36-45)46-23-8-3-9-24-46/h1-39H/i2D,6D,7D,19D,20D. The highest BCUT2D eigenvalue weighted by Crippen LogP contribution is 2.45. The number of fused-ring (bicyclic) bond motifs is 9. The highest BCUT2D eigenvalue weighted by molar-refractivity contribution is 7.26. The van der Waals surface area contributed by atoms with Gasteiger partial charge in [0, 0.05) is 69.8 Å². The topological polar surface area (TPSA) is 48.5 Å². The van der Waals surface area contributed by atoms with Gasteiger partial charge in [0.15, 0.2) is 17.5 Å². The molecule has 322 valence electrons. The minimum absolute atomic E-state index is 0.0252. The summed E-state index contributed by atoms with van der Waals surface area (Å²) in [5, 5.41) is 6.45. The first kappa shape index (κ1) is 34.4. The summed E-state index contributed by atoms with van der Waals surface area (Å²) in [5.41, 5.74) is 11.7. The van der Waals surface area contributed by atoms with Crippen LogP contribution in [0.1, 0.15) is 6.85 Å². The van der Waals surface area contributed by atoms with E-state index >= 15 is 0 Å². The first-order chi connectivity index (χ1) is 36.3. The summed E-state index contributed by atoms with van der Waals surface area (Å²) < 4.78 is 50.8. The van der Waals surface area contributed by atoms with Crippen LogP contribution in [0.25, 0.3) is 132 Å². The van der Waals surface area contributed by atoms with Gasteiger partial charge in [-0.25, -0.2) is 15.0 Å². The summed E-state index contributed by atoms with van der Waals surface area (Å²) >= 11 is 1.65. The highest BCUT2D eigenvalue weighted by Gasteiger charge is 2.22. The molecule has 0 bridgehead atoms. The third-order valence-corrected chi connectivity index (χ3v) is 14.4. The summed E-state index contributed by atoms with van der Waals surface area (Å²) in [6.07, 6.45) is 0. The number of rotatable bonds is 7. The fourth-order valence-corrected chi connectivity index (χ4v) is 11.3. The van der Waals surface area contributed by atoms with Crippen LogP contribution in [0.5, 0.6) is 0 Å². The van der Waals surface area contributed by atoms with Crippen LogP contribution in [0.15, 0.2) is 236 Å². The zero-order chi connectivity index (χ0) is 49.8. The Morgan fingerprint density at radius 1 is 0.333 bits per heavy atom. The molecule has 4 aromatic heterocycles. The molecule has 0 fully saturated rings. The van der Waals surface area contributed by atoms with E-state index < -0.39 is 30.2 Å². The van der Waals surface area contributed by atoms with Crippen LogP contribution in [-0.2, 0) is 0 Å². The Morgan fingerprint density at radius 3 is 1.55 bits per heavy atom. The Bertz CT molecular complexity index is 4540. The maximum Gasteiger partial charge on any atom is 0.165 e. The monoisotopic (exact) mass is 902 g/mol. The molecule has 0 saturated heterocycles. The van der Waals surface area contributed by atoms with Crippen molar-refractivity contribution < 1.29 is 6.85 Å². The van der Waals surface area contributed by atoms with Crippen molar-refractivity contribution in [2.45, 2.75) is 0 Å². The van der Waals surface area contributed by atoms with E-state index in [1.165, 1.54) is 0 Å². The summed E-state index contributed by atoms with van der Waals surface area (Å²) in [6, 6.07) is 69.4. The van der Waals surface area contributed by atoms with Crippen molar-refractivity contribution in [1.82, 2.24) is 24.1 Å². The number of thiophene rings is 1. The molecule has 0 aliphatic rings. The molecule has 0 aliphatic carbocycles. The van der Waals surface area contributed by atoms with Gasteiger partial charge in [-0.1, -0.05) is 176 Å². The zero-order valence-corrected chi connectivity index (χ0v) is 37.6. The normalized spacial score (nSPS) is 12.8. The Morgan fingerprint density at radius 2 is 0.855 bits per heavy atom. The van der Waals surface area contributed by atoms with E-state index in [2.05, 4.69) is 173 Å². The molecule has 69 heavy (non-hydrogen) atoms. The molecular formula is C63H39N5S. The number of benzene rings is 10. The SMILES string of the molecule is [2H]c1c([2H])c([2H])c(-c2nc(-c3ccc4c5ccccc5n(-c5ccccc5)c4c3)nc(-c3cc(-n4c5ccccc5c5ccccc54)cc4c3sc3cc(-c5cccc(-c6ccccc6)c5)ccc34)n2)c([2H])c1[2H]. The van der Waals surface area contributed by atoms with Gasteiger partial charge in [0.05, 0.1) is 28.9 Å². The van der Waals surface area contributed by atoms with Gasteiger partial charge in [-0.3, -0.25) is 0 Å². The summed E-state index contributed by atoms with van der Waals surface area (Å²) in [6.45, 7) is 0. The van der Waals surface area contributed by atoms with E-state index in [1.807, 2.05) is 42.5 Å². The third-order valence-electron chi connectivity index (χ3n) is 13.2. The van der Waals surface area contributed by atoms with Gasteiger partial charge in [0.25, 0.3) is 0 Å². The lowest BCUT2D eigenvalue weighted by Gasteiger charge is -2.13. The van der Waals surface area contributed by atoms with Crippen molar-refractivity contribution in [3.05, 3.63) is 236 Å². The molecule has 14 rings (SSSR count). The third kappa shape index (κ3) is 6.49. The van der Waals surface area contributed by atoms with Crippen LogP contribution in [0.2, 0.25) is 0 Å². The fourth-order valence-electron chi connectivity index (χ4n) is 10.1. The Hall–Kier alpha value is -8.97. The Balaban J connectivity index is 1.06. The number of para-hydroxylation sites is 4. The molecule has 0 radical (unpaired) electrons. The average Bonchev–Trinajstić information content (AvgIpc) is 4.16. The highest BCUT2D eigenvalue weighted by atomic mass is 32.1. The fraction of sp³-hybridized carbons (Fsp3) is 0. The maximum atomic E-state index is 9.18. The second-order valence-electron chi connectivity index (χ2n) is 17.2. The van der Waals surface area contributed by atoms with Gasteiger partial charge in [-0.2, -0.15) is 0 Å². The second kappa shape index (κ2) is 15.8. The van der Waals surface area contributed by atoms with Crippen LogP contribution in [-0.4, -0.2) is 24.1 Å². The first-order valence-electron chi connectivity index (χ1n) is 25.3. The van der Waals surface area contributed by atoms with Crippen molar-refractivity contribution >= 4 is 75.1 Å². The number of aromatic nitrogens is 5. The van der Waals surface area contributed by atoms with Crippen LogP contribution >= 0.6 is 11.3 Å². The van der Waals surface area contributed by atoms with Crippen LogP contribution in [0.3, 0.4) is 0 Å². The summed E-state index contributed by atoms with van der Waals surface area (Å²) in [7, 11) is 0. The molecule has 6 heteroatoms. The minimum atomic E-state index is -0.491. The molecule has 0 N–H and O–H groups in total. The molecular weight excluding hydrogens is 859 g/mol. The molecule has 0 saturated carbocycles. The van der Waals surface area contributed by atoms with E-state index in [9.17, 15) is 2.74 Å². The molecule has 4 heterocycles. The van der Waals surface area contributed by atoms with Crippen LogP contribution in [0.4, 0.5) is 0 Å². The lowest BCUT2D eigenvalue weighted by molar-refractivity contribution is 1.07. The van der Waals surface area contributed by atoms with E-state index in [4.69, 9.17) is 19.1 Å². The maximum absolute atomic E-state index is 9.18. The molecule has 0 aliphatic heterocycles. The number of nitrogens with zero attached hydrogens (tertiary/aromatic N) is 5. The van der Waals surface area contributed by atoms with E-state index in [0.717, 1.165) is 97.4 Å². The smallest absolute Gasteiger partial charge is 0.165 e. The minimum Gasteiger partial charge on any atom is -0.309 e. The molecule has 0 spiro atoms. The van der Waals surface area contributed by atoms with Gasteiger partial charge in [0.1, 0.15) is 0 Å². The van der Waals surface area contributed by atoms with E-state index in [-0.39, 0.29) is 11.4 Å². The number of hydrogen-bond donors (Lipinski definition) is 0. The van der Waals surface area contributed by atoms with Crippen molar-refractivity contribution in [3.8, 4) is 67.8 Å². The van der Waals surface area contributed by atoms with Crippen molar-refractivity contribution in [1.29, 1.82) is 0 Å². The van der Waals surface area contributed by atoms with E-state index in [1.54, 1.807) is 11.3 Å². The molecule has 10 aromatic carbocycles.